The van der Waals surface area contributed by atoms with Crippen molar-refractivity contribution >= 4 is 17.2 Å². The highest BCUT2D eigenvalue weighted by Gasteiger charge is 2.29. The lowest BCUT2D eigenvalue weighted by Crippen LogP contribution is -2.26. The van der Waals surface area contributed by atoms with E-state index < -0.39 is 0 Å². The van der Waals surface area contributed by atoms with Crippen LogP contribution in [0.1, 0.15) is 64.5 Å². The van der Waals surface area contributed by atoms with Gasteiger partial charge in [-0.15, -0.1) is 11.3 Å². The number of rotatable bonds is 5. The standard InChI is InChI=1S/C19H20N4O2S/c1-10-16(26-12(3)20-10)13-4-8-15(9-5-13)18(24)21-11(2)19-22-17(23-25-19)14-6-7-14/h4-5,8-9,11,14H,6-7H2,1-3H3,(H,21,24)/t11-/m1/s1. The van der Waals surface area contributed by atoms with Crippen molar-refractivity contribution in [2.75, 3.05) is 0 Å². The lowest BCUT2D eigenvalue weighted by molar-refractivity contribution is 0.0932. The van der Waals surface area contributed by atoms with E-state index in [1.807, 2.05) is 45.0 Å². The molecular weight excluding hydrogens is 348 g/mol. The second kappa shape index (κ2) is 6.64. The first-order valence-electron chi connectivity index (χ1n) is 8.70. The van der Waals surface area contributed by atoms with Gasteiger partial charge in [0.05, 0.1) is 15.6 Å². The molecule has 1 aromatic carbocycles. The van der Waals surface area contributed by atoms with Gasteiger partial charge in [-0.25, -0.2) is 4.98 Å². The molecule has 1 amide bonds. The topological polar surface area (TPSA) is 80.9 Å². The Morgan fingerprint density at radius 1 is 1.23 bits per heavy atom. The van der Waals surface area contributed by atoms with E-state index in [2.05, 4.69) is 20.4 Å². The van der Waals surface area contributed by atoms with Crippen LogP contribution in [0.5, 0.6) is 0 Å². The van der Waals surface area contributed by atoms with Gasteiger partial charge in [-0.05, 0) is 51.3 Å². The molecule has 0 unspecified atom stereocenters. The van der Waals surface area contributed by atoms with Crippen LogP contribution in [0.25, 0.3) is 10.4 Å². The summed E-state index contributed by atoms with van der Waals surface area (Å²) in [5, 5.41) is 7.95. The highest BCUT2D eigenvalue weighted by atomic mass is 32.1. The largest absolute Gasteiger partial charge is 0.341 e. The summed E-state index contributed by atoms with van der Waals surface area (Å²) >= 11 is 1.66. The third-order valence-electron chi connectivity index (χ3n) is 4.43. The third-order valence-corrected chi connectivity index (χ3v) is 5.55. The Bertz CT molecular complexity index is 941. The van der Waals surface area contributed by atoms with Crippen LogP contribution in [0.3, 0.4) is 0 Å². The number of aryl methyl sites for hydroxylation is 2. The summed E-state index contributed by atoms with van der Waals surface area (Å²) < 4.78 is 5.28. The Kier molecular flexibility index (Phi) is 4.32. The lowest BCUT2D eigenvalue weighted by Gasteiger charge is -2.10. The zero-order valence-electron chi connectivity index (χ0n) is 14.9. The molecule has 0 radical (unpaired) electrons. The Labute approximate surface area is 155 Å². The fraction of sp³-hybridized carbons (Fsp3) is 0.368. The Morgan fingerprint density at radius 2 is 1.96 bits per heavy atom. The number of nitrogens with one attached hydrogen (secondary N) is 1. The molecule has 134 valence electrons. The molecule has 2 heterocycles. The number of carbonyl (C=O) groups is 1. The summed E-state index contributed by atoms with van der Waals surface area (Å²) in [6.45, 7) is 5.85. The van der Waals surface area contributed by atoms with Crippen molar-refractivity contribution in [3.63, 3.8) is 0 Å². The Hall–Kier alpha value is -2.54. The molecule has 1 aliphatic carbocycles. The molecule has 1 N–H and O–H groups in total. The van der Waals surface area contributed by atoms with Crippen molar-refractivity contribution < 1.29 is 9.32 Å². The van der Waals surface area contributed by atoms with E-state index in [4.69, 9.17) is 4.52 Å². The summed E-state index contributed by atoms with van der Waals surface area (Å²) in [4.78, 5) is 22.5. The van der Waals surface area contributed by atoms with Crippen molar-refractivity contribution in [3.05, 3.63) is 52.2 Å². The van der Waals surface area contributed by atoms with Crippen LogP contribution >= 0.6 is 11.3 Å². The summed E-state index contributed by atoms with van der Waals surface area (Å²) in [6.07, 6.45) is 2.23. The highest BCUT2D eigenvalue weighted by Crippen LogP contribution is 2.38. The van der Waals surface area contributed by atoms with Gasteiger partial charge >= 0.3 is 0 Å². The summed E-state index contributed by atoms with van der Waals surface area (Å²) in [5.41, 5.74) is 2.69. The van der Waals surface area contributed by atoms with Crippen molar-refractivity contribution in [1.82, 2.24) is 20.4 Å². The Balaban J connectivity index is 1.44. The van der Waals surface area contributed by atoms with Crippen LogP contribution in [-0.2, 0) is 0 Å². The fourth-order valence-electron chi connectivity index (χ4n) is 2.84. The monoisotopic (exact) mass is 368 g/mol. The van der Waals surface area contributed by atoms with Crippen molar-refractivity contribution in [2.45, 2.75) is 45.6 Å². The molecule has 6 nitrogen and oxygen atoms in total. The lowest BCUT2D eigenvalue weighted by atomic mass is 10.1. The minimum Gasteiger partial charge on any atom is -0.341 e. The average Bonchev–Trinajstić information content (AvgIpc) is 3.25. The minimum atomic E-state index is -0.325. The second-order valence-electron chi connectivity index (χ2n) is 6.69. The van der Waals surface area contributed by atoms with Gasteiger partial charge in [-0.1, -0.05) is 17.3 Å². The average molecular weight is 368 g/mol. The molecule has 3 aromatic rings. The molecule has 1 aliphatic rings. The van der Waals surface area contributed by atoms with Crippen LogP contribution < -0.4 is 5.32 Å². The molecule has 1 saturated carbocycles. The van der Waals surface area contributed by atoms with Crippen LogP contribution in [0.15, 0.2) is 28.8 Å². The maximum atomic E-state index is 12.5. The van der Waals surface area contributed by atoms with E-state index in [0.717, 1.165) is 39.8 Å². The van der Waals surface area contributed by atoms with E-state index in [-0.39, 0.29) is 11.9 Å². The first-order chi connectivity index (χ1) is 12.5. The predicted octanol–water partition coefficient (Wildman–Crippen LogP) is 4.18. The van der Waals surface area contributed by atoms with E-state index in [0.29, 0.717) is 17.4 Å². The number of nitrogens with zero attached hydrogens (tertiary/aromatic N) is 3. The minimum absolute atomic E-state index is 0.160. The van der Waals surface area contributed by atoms with E-state index >= 15 is 0 Å². The maximum absolute atomic E-state index is 12.5. The molecule has 4 rings (SSSR count). The van der Waals surface area contributed by atoms with E-state index in [1.54, 1.807) is 11.3 Å². The number of hydrogen-bond donors (Lipinski definition) is 1. The first-order valence-corrected chi connectivity index (χ1v) is 9.51. The van der Waals surface area contributed by atoms with Gasteiger partial charge in [0.15, 0.2) is 5.82 Å². The van der Waals surface area contributed by atoms with E-state index in [1.165, 1.54) is 0 Å². The summed E-state index contributed by atoms with van der Waals surface area (Å²) in [7, 11) is 0. The van der Waals surface area contributed by atoms with Gasteiger partial charge in [-0.3, -0.25) is 4.79 Å². The molecule has 26 heavy (non-hydrogen) atoms. The molecule has 2 aromatic heterocycles. The molecular formula is C19H20N4O2S. The van der Waals surface area contributed by atoms with E-state index in [9.17, 15) is 4.79 Å². The molecule has 0 spiro atoms. The number of carbonyl (C=O) groups excluding carboxylic acids is 1. The van der Waals surface area contributed by atoms with Crippen LogP contribution in [0.4, 0.5) is 0 Å². The second-order valence-corrected chi connectivity index (χ2v) is 7.89. The molecule has 0 saturated heterocycles. The number of benzene rings is 1. The van der Waals surface area contributed by atoms with Crippen molar-refractivity contribution in [3.8, 4) is 10.4 Å². The molecule has 0 aliphatic heterocycles. The van der Waals surface area contributed by atoms with Gasteiger partial charge < -0.3 is 9.84 Å². The molecule has 1 atom stereocenters. The number of amides is 1. The number of thiazole rings is 1. The van der Waals surface area contributed by atoms with Gasteiger partial charge in [0, 0.05) is 11.5 Å². The Morgan fingerprint density at radius 3 is 2.58 bits per heavy atom. The zero-order valence-corrected chi connectivity index (χ0v) is 15.8. The molecule has 0 bridgehead atoms. The maximum Gasteiger partial charge on any atom is 0.251 e. The van der Waals surface area contributed by atoms with Crippen LogP contribution in [0.2, 0.25) is 0 Å². The van der Waals surface area contributed by atoms with Crippen molar-refractivity contribution in [2.24, 2.45) is 0 Å². The normalized spacial score (nSPS) is 15.0. The SMILES string of the molecule is Cc1nc(C)c(-c2ccc(C(=O)N[C@H](C)c3nc(C4CC4)no3)cc2)s1. The smallest absolute Gasteiger partial charge is 0.251 e. The quantitative estimate of drug-likeness (QED) is 0.731. The number of aromatic nitrogens is 3. The van der Waals surface area contributed by atoms with Gasteiger partial charge in [0.1, 0.15) is 6.04 Å². The fourth-order valence-corrected chi connectivity index (χ4v) is 3.77. The summed E-state index contributed by atoms with van der Waals surface area (Å²) in [5.74, 6) is 1.47. The van der Waals surface area contributed by atoms with Gasteiger partial charge in [0.25, 0.3) is 5.91 Å². The molecule has 1 fully saturated rings. The summed E-state index contributed by atoms with van der Waals surface area (Å²) in [6, 6.07) is 7.24. The van der Waals surface area contributed by atoms with Crippen molar-refractivity contribution in [1.29, 1.82) is 0 Å². The first kappa shape index (κ1) is 16.9. The predicted molar refractivity (Wildman–Crippen MR) is 99.2 cm³/mol. The molecule has 7 heteroatoms. The number of hydrogen-bond acceptors (Lipinski definition) is 6. The zero-order chi connectivity index (χ0) is 18.3. The van der Waals surface area contributed by atoms with Crippen LogP contribution in [0, 0.1) is 13.8 Å². The highest BCUT2D eigenvalue weighted by molar-refractivity contribution is 7.15. The third kappa shape index (κ3) is 3.39. The van der Waals surface area contributed by atoms with Gasteiger partial charge in [-0.2, -0.15) is 4.98 Å². The van der Waals surface area contributed by atoms with Crippen LogP contribution in [-0.4, -0.2) is 21.0 Å². The van der Waals surface area contributed by atoms with Gasteiger partial charge in [0.2, 0.25) is 5.89 Å².